The zero-order valence-electron chi connectivity index (χ0n) is 10.8. The lowest BCUT2D eigenvalue weighted by atomic mass is 10.1. The second-order valence-corrected chi connectivity index (χ2v) is 5.14. The number of hydrazine groups is 1. The van der Waals surface area contributed by atoms with Crippen molar-refractivity contribution in [1.29, 1.82) is 0 Å². The Hall–Kier alpha value is -1.30. The quantitative estimate of drug-likeness (QED) is 0.326. The summed E-state index contributed by atoms with van der Waals surface area (Å²) in [5, 5.41) is 0. The Bertz CT molecular complexity index is 278. The molecule has 1 amide bonds. The van der Waals surface area contributed by atoms with E-state index in [2.05, 4.69) is 10.4 Å². The van der Waals surface area contributed by atoms with Gasteiger partial charge in [0.15, 0.2) is 0 Å². The topological polar surface area (TPSA) is 80.0 Å². The largest absolute Gasteiger partial charge is 0.444 e. The van der Waals surface area contributed by atoms with Crippen LogP contribution in [0.2, 0.25) is 0 Å². The third kappa shape index (κ3) is 5.04. The summed E-state index contributed by atoms with van der Waals surface area (Å²) in [6.07, 6.45) is 2.94. The molecule has 1 saturated heterocycles. The number of amides is 1. The van der Waals surface area contributed by atoms with Crippen molar-refractivity contribution in [2.45, 2.75) is 45.3 Å². The summed E-state index contributed by atoms with van der Waals surface area (Å²) < 4.78 is 5.31. The molecular weight excluding hydrogens is 220 g/mol. The van der Waals surface area contributed by atoms with E-state index in [1.54, 1.807) is 4.90 Å². The maximum atomic E-state index is 11.8. The number of piperidine rings is 1. The molecule has 6 heteroatoms. The molecule has 1 aliphatic rings. The molecule has 0 aliphatic carbocycles. The average Bonchev–Trinajstić information content (AvgIpc) is 2.24. The number of aliphatic imine (C=N–C) groups is 1. The first-order valence-corrected chi connectivity index (χ1v) is 5.88. The molecule has 0 aromatic carbocycles. The van der Waals surface area contributed by atoms with Crippen molar-refractivity contribution in [2.75, 3.05) is 13.1 Å². The highest BCUT2D eigenvalue weighted by Gasteiger charge is 2.26. The fraction of sp³-hybridized carbons (Fsp3) is 0.818. The normalized spacial score (nSPS) is 18.5. The second-order valence-electron chi connectivity index (χ2n) is 5.14. The zero-order valence-corrected chi connectivity index (χ0v) is 10.8. The molecule has 0 unspecified atom stereocenters. The van der Waals surface area contributed by atoms with Crippen molar-refractivity contribution in [3.8, 4) is 0 Å². The number of carbonyl (C=O) groups is 1. The molecule has 3 N–H and O–H groups in total. The summed E-state index contributed by atoms with van der Waals surface area (Å²) in [6, 6.07) is 0.240. The van der Waals surface area contributed by atoms with Crippen LogP contribution < -0.4 is 11.3 Å². The zero-order chi connectivity index (χ0) is 12.9. The number of nitrogens with two attached hydrogens (primary N) is 1. The van der Waals surface area contributed by atoms with Gasteiger partial charge in [0.1, 0.15) is 5.60 Å². The number of nitrogens with one attached hydrogen (secondary N) is 1. The monoisotopic (exact) mass is 242 g/mol. The lowest BCUT2D eigenvalue weighted by Gasteiger charge is -2.32. The molecule has 0 spiro atoms. The molecule has 17 heavy (non-hydrogen) atoms. The highest BCUT2D eigenvalue weighted by Crippen LogP contribution is 2.16. The third-order valence-electron chi connectivity index (χ3n) is 2.48. The number of hydrogen-bond acceptors (Lipinski definition) is 4. The Balaban J connectivity index is 2.36. The first-order valence-electron chi connectivity index (χ1n) is 5.88. The van der Waals surface area contributed by atoms with Gasteiger partial charge < -0.3 is 15.1 Å². The van der Waals surface area contributed by atoms with E-state index in [-0.39, 0.29) is 12.1 Å². The van der Waals surface area contributed by atoms with Crippen molar-refractivity contribution in [2.24, 2.45) is 10.8 Å². The molecule has 6 nitrogen and oxygen atoms in total. The smallest absolute Gasteiger partial charge is 0.410 e. The van der Waals surface area contributed by atoms with E-state index in [9.17, 15) is 4.79 Å². The molecule has 0 bridgehead atoms. The van der Waals surface area contributed by atoms with E-state index in [1.807, 2.05) is 20.8 Å². The minimum absolute atomic E-state index is 0.239. The number of likely N-dealkylation sites (tertiary alicyclic amines) is 1. The minimum Gasteiger partial charge on any atom is -0.444 e. The molecule has 0 atom stereocenters. The van der Waals surface area contributed by atoms with Crippen LogP contribution in [0, 0.1) is 0 Å². The third-order valence-corrected chi connectivity index (χ3v) is 2.48. The van der Waals surface area contributed by atoms with Crippen LogP contribution in [-0.2, 0) is 4.74 Å². The van der Waals surface area contributed by atoms with Crippen LogP contribution in [0.3, 0.4) is 0 Å². The van der Waals surface area contributed by atoms with Crippen molar-refractivity contribution in [1.82, 2.24) is 10.3 Å². The summed E-state index contributed by atoms with van der Waals surface area (Å²) >= 11 is 0. The number of ether oxygens (including phenoxy) is 1. The molecule has 0 radical (unpaired) electrons. The van der Waals surface area contributed by atoms with Gasteiger partial charge in [0.05, 0.1) is 12.4 Å². The fourth-order valence-electron chi connectivity index (χ4n) is 1.67. The first-order chi connectivity index (χ1) is 7.92. The van der Waals surface area contributed by atoms with Gasteiger partial charge in [0.2, 0.25) is 0 Å². The van der Waals surface area contributed by atoms with Crippen molar-refractivity contribution >= 4 is 12.4 Å². The molecule has 1 fully saturated rings. The number of rotatable bonds is 2. The summed E-state index contributed by atoms with van der Waals surface area (Å²) in [5.74, 6) is 5.11. The van der Waals surface area contributed by atoms with Gasteiger partial charge in [-0.1, -0.05) is 0 Å². The van der Waals surface area contributed by atoms with E-state index in [4.69, 9.17) is 10.6 Å². The van der Waals surface area contributed by atoms with Gasteiger partial charge >= 0.3 is 6.09 Å². The van der Waals surface area contributed by atoms with Crippen LogP contribution in [0.25, 0.3) is 0 Å². The fourth-order valence-corrected chi connectivity index (χ4v) is 1.67. The summed E-state index contributed by atoms with van der Waals surface area (Å²) in [7, 11) is 0. The Morgan fingerprint density at radius 3 is 2.53 bits per heavy atom. The standard InChI is InChI=1S/C11H22N4O2/c1-11(2,3)17-10(16)15-6-4-9(5-7-15)13-8-14-12/h8-9H,4-7,12H2,1-3H3,(H,13,14). The Morgan fingerprint density at radius 2 is 2.06 bits per heavy atom. The van der Waals surface area contributed by atoms with E-state index in [0.717, 1.165) is 12.8 Å². The van der Waals surface area contributed by atoms with Gasteiger partial charge in [-0.25, -0.2) is 10.6 Å². The summed E-state index contributed by atoms with van der Waals surface area (Å²) in [6.45, 7) is 6.97. The van der Waals surface area contributed by atoms with E-state index < -0.39 is 5.60 Å². The molecule has 0 aromatic rings. The molecule has 98 valence electrons. The van der Waals surface area contributed by atoms with Gasteiger partial charge in [-0.05, 0) is 33.6 Å². The predicted octanol–water partition coefficient (Wildman–Crippen LogP) is 0.877. The number of hydrogen-bond donors (Lipinski definition) is 2. The number of nitrogens with zero attached hydrogens (tertiary/aromatic N) is 2. The van der Waals surface area contributed by atoms with E-state index in [1.165, 1.54) is 6.34 Å². The lowest BCUT2D eigenvalue weighted by molar-refractivity contribution is 0.0207. The molecule has 1 heterocycles. The minimum atomic E-state index is -0.435. The first kappa shape index (κ1) is 13.8. The van der Waals surface area contributed by atoms with Crippen molar-refractivity contribution in [3.63, 3.8) is 0 Å². The van der Waals surface area contributed by atoms with Crippen LogP contribution in [0.4, 0.5) is 4.79 Å². The van der Waals surface area contributed by atoms with Crippen LogP contribution in [0.15, 0.2) is 4.99 Å². The van der Waals surface area contributed by atoms with Gasteiger partial charge in [-0.2, -0.15) is 0 Å². The van der Waals surface area contributed by atoms with Crippen LogP contribution in [0.5, 0.6) is 0 Å². The molecule has 0 aromatic heterocycles. The van der Waals surface area contributed by atoms with Crippen LogP contribution in [0.1, 0.15) is 33.6 Å². The maximum Gasteiger partial charge on any atom is 0.410 e. The number of carbonyl (C=O) groups excluding carboxylic acids is 1. The van der Waals surface area contributed by atoms with Gasteiger partial charge in [0, 0.05) is 13.1 Å². The van der Waals surface area contributed by atoms with E-state index in [0.29, 0.717) is 13.1 Å². The SMILES string of the molecule is CC(C)(C)OC(=O)N1CCC(N=CNN)CC1. The van der Waals surface area contributed by atoms with Crippen LogP contribution in [-0.4, -0.2) is 42.1 Å². The Kier molecular flexibility index (Phi) is 4.74. The molecule has 1 rings (SSSR count). The van der Waals surface area contributed by atoms with Gasteiger partial charge in [0.25, 0.3) is 0 Å². The predicted molar refractivity (Wildman–Crippen MR) is 66.6 cm³/mol. The van der Waals surface area contributed by atoms with Crippen molar-refractivity contribution < 1.29 is 9.53 Å². The Morgan fingerprint density at radius 1 is 1.47 bits per heavy atom. The highest BCUT2D eigenvalue weighted by molar-refractivity contribution is 5.68. The second kappa shape index (κ2) is 5.86. The van der Waals surface area contributed by atoms with Gasteiger partial charge in [-0.15, -0.1) is 0 Å². The van der Waals surface area contributed by atoms with E-state index >= 15 is 0 Å². The molecular formula is C11H22N4O2. The average molecular weight is 242 g/mol. The molecule has 1 aliphatic heterocycles. The molecule has 0 saturated carbocycles. The maximum absolute atomic E-state index is 11.8. The Labute approximate surface area is 102 Å². The van der Waals surface area contributed by atoms with Gasteiger partial charge in [-0.3, -0.25) is 4.99 Å². The highest BCUT2D eigenvalue weighted by atomic mass is 16.6. The summed E-state index contributed by atoms with van der Waals surface area (Å²) in [5.41, 5.74) is 1.95. The van der Waals surface area contributed by atoms with Crippen LogP contribution >= 0.6 is 0 Å². The summed E-state index contributed by atoms with van der Waals surface area (Å²) in [4.78, 5) is 17.7. The van der Waals surface area contributed by atoms with Crippen molar-refractivity contribution in [3.05, 3.63) is 0 Å². The lowest BCUT2D eigenvalue weighted by Crippen LogP contribution is -2.42.